The summed E-state index contributed by atoms with van der Waals surface area (Å²) in [7, 11) is -1.82. The van der Waals surface area contributed by atoms with Crippen LogP contribution >= 0.6 is 0 Å². The molecule has 0 aliphatic carbocycles. The average molecular weight is 431 g/mol. The average Bonchev–Trinajstić information content (AvgIpc) is 3.51. The van der Waals surface area contributed by atoms with E-state index in [1.807, 2.05) is 18.2 Å². The summed E-state index contributed by atoms with van der Waals surface area (Å²) in [5, 5.41) is 3.04. The van der Waals surface area contributed by atoms with Crippen molar-refractivity contribution in [2.45, 2.75) is 36.6 Å². The number of aryl methyl sites for hydroxylation is 1. The maximum atomic E-state index is 12.9. The molecule has 0 saturated carbocycles. The van der Waals surface area contributed by atoms with E-state index >= 15 is 0 Å². The van der Waals surface area contributed by atoms with Gasteiger partial charge in [0.15, 0.2) is 0 Å². The van der Waals surface area contributed by atoms with Gasteiger partial charge in [0.25, 0.3) is 5.91 Å². The molecule has 2 aliphatic heterocycles. The standard InChI is InChI=1S/C22H30N4O3S/c1-24-17-19(30(28,29)26-13-7-8-14-26)15-20(24)22(27)23-16-21(25-11-5-6-12-25)18-9-3-2-4-10-18/h2-4,9-10,15,17,21H,5-8,11-14,16H2,1H3,(H,23,27). The molecule has 1 atom stereocenters. The number of likely N-dealkylation sites (tertiary alicyclic amines) is 1. The first-order valence-corrected chi connectivity index (χ1v) is 12.1. The predicted molar refractivity (Wildman–Crippen MR) is 116 cm³/mol. The van der Waals surface area contributed by atoms with E-state index in [0.717, 1.165) is 25.9 Å². The molecule has 1 unspecified atom stereocenters. The number of nitrogens with one attached hydrogen (secondary N) is 1. The molecule has 1 N–H and O–H groups in total. The van der Waals surface area contributed by atoms with Gasteiger partial charge in [0.1, 0.15) is 10.6 Å². The minimum Gasteiger partial charge on any atom is -0.349 e. The van der Waals surface area contributed by atoms with Crippen LogP contribution in [-0.4, -0.2) is 60.8 Å². The predicted octanol–water partition coefficient (Wildman–Crippen LogP) is 2.38. The Bertz CT molecular complexity index is 975. The van der Waals surface area contributed by atoms with Crippen molar-refractivity contribution in [3.8, 4) is 0 Å². The van der Waals surface area contributed by atoms with Crippen LogP contribution in [0.2, 0.25) is 0 Å². The van der Waals surface area contributed by atoms with Crippen LogP contribution in [0.1, 0.15) is 47.8 Å². The lowest BCUT2D eigenvalue weighted by Crippen LogP contribution is -2.37. The van der Waals surface area contributed by atoms with Crippen LogP contribution in [-0.2, 0) is 17.1 Å². The first kappa shape index (κ1) is 21.1. The molecule has 1 aromatic heterocycles. The van der Waals surface area contributed by atoms with E-state index in [9.17, 15) is 13.2 Å². The number of carbonyl (C=O) groups excluding carboxylic acids is 1. The molecule has 8 heteroatoms. The second-order valence-electron chi connectivity index (χ2n) is 8.16. The summed E-state index contributed by atoms with van der Waals surface area (Å²) < 4.78 is 28.7. The largest absolute Gasteiger partial charge is 0.349 e. The molecule has 3 heterocycles. The van der Waals surface area contributed by atoms with E-state index in [1.54, 1.807) is 11.6 Å². The number of nitrogens with zero attached hydrogens (tertiary/aromatic N) is 3. The van der Waals surface area contributed by atoms with Gasteiger partial charge >= 0.3 is 0 Å². The molecule has 2 saturated heterocycles. The Kier molecular flexibility index (Phi) is 6.26. The van der Waals surface area contributed by atoms with Crippen molar-refractivity contribution in [2.24, 2.45) is 7.05 Å². The zero-order chi connectivity index (χ0) is 21.1. The second-order valence-corrected chi connectivity index (χ2v) is 10.1. The van der Waals surface area contributed by atoms with Crippen molar-refractivity contribution in [1.82, 2.24) is 19.1 Å². The third-order valence-corrected chi connectivity index (χ3v) is 8.00. The molecule has 2 fully saturated rings. The third kappa shape index (κ3) is 4.31. The molecule has 0 spiro atoms. The van der Waals surface area contributed by atoms with Crippen molar-refractivity contribution in [3.05, 3.63) is 53.9 Å². The smallest absolute Gasteiger partial charge is 0.268 e. The summed E-state index contributed by atoms with van der Waals surface area (Å²) in [5.41, 5.74) is 1.55. The van der Waals surface area contributed by atoms with E-state index < -0.39 is 10.0 Å². The number of hydrogen-bond acceptors (Lipinski definition) is 4. The van der Waals surface area contributed by atoms with E-state index in [-0.39, 0.29) is 16.8 Å². The quantitative estimate of drug-likeness (QED) is 0.732. The van der Waals surface area contributed by atoms with Gasteiger partial charge in [0, 0.05) is 32.9 Å². The summed E-state index contributed by atoms with van der Waals surface area (Å²) >= 11 is 0. The molecule has 162 valence electrons. The molecule has 2 aromatic rings. The van der Waals surface area contributed by atoms with Crippen LogP contribution in [0.5, 0.6) is 0 Å². The Morgan fingerprint density at radius 1 is 1.03 bits per heavy atom. The monoisotopic (exact) mass is 430 g/mol. The van der Waals surface area contributed by atoms with Gasteiger partial charge in [0.2, 0.25) is 10.0 Å². The highest BCUT2D eigenvalue weighted by atomic mass is 32.2. The van der Waals surface area contributed by atoms with Crippen molar-refractivity contribution in [2.75, 3.05) is 32.7 Å². The van der Waals surface area contributed by atoms with Gasteiger partial charge in [-0.05, 0) is 50.4 Å². The molecular formula is C22H30N4O3S. The summed E-state index contributed by atoms with van der Waals surface area (Å²) in [4.78, 5) is 15.5. The minimum absolute atomic E-state index is 0.116. The van der Waals surface area contributed by atoms with E-state index in [2.05, 4.69) is 22.3 Å². The Morgan fingerprint density at radius 3 is 2.33 bits per heavy atom. The van der Waals surface area contributed by atoms with Gasteiger partial charge in [-0.3, -0.25) is 9.69 Å². The molecule has 4 rings (SSSR count). The molecular weight excluding hydrogens is 400 g/mol. The fraction of sp³-hybridized carbons (Fsp3) is 0.500. The topological polar surface area (TPSA) is 74.6 Å². The fourth-order valence-corrected chi connectivity index (χ4v) is 6.03. The number of amides is 1. The van der Waals surface area contributed by atoms with Gasteiger partial charge in [-0.2, -0.15) is 4.31 Å². The number of carbonyl (C=O) groups is 1. The van der Waals surface area contributed by atoms with Gasteiger partial charge in [0.05, 0.1) is 6.04 Å². The van der Waals surface area contributed by atoms with E-state index in [4.69, 9.17) is 0 Å². The zero-order valence-corrected chi connectivity index (χ0v) is 18.3. The molecule has 30 heavy (non-hydrogen) atoms. The Balaban J connectivity index is 1.48. The highest BCUT2D eigenvalue weighted by Crippen LogP contribution is 2.25. The third-order valence-electron chi connectivity index (χ3n) is 6.14. The van der Waals surface area contributed by atoms with Crippen LogP contribution in [0.4, 0.5) is 0 Å². The van der Waals surface area contributed by atoms with Crippen LogP contribution in [0.3, 0.4) is 0 Å². The lowest BCUT2D eigenvalue weighted by molar-refractivity contribution is 0.0929. The Hall–Kier alpha value is -2.16. The van der Waals surface area contributed by atoms with Crippen LogP contribution < -0.4 is 5.32 Å². The van der Waals surface area contributed by atoms with E-state index in [0.29, 0.717) is 25.3 Å². The SMILES string of the molecule is Cn1cc(S(=O)(=O)N2CCCC2)cc1C(=O)NCC(c1ccccc1)N1CCCC1. The normalized spacial score (nSPS) is 19.2. The maximum Gasteiger partial charge on any atom is 0.268 e. The molecule has 2 aliphatic rings. The molecule has 1 aromatic carbocycles. The minimum atomic E-state index is -3.54. The second kappa shape index (κ2) is 8.91. The molecule has 7 nitrogen and oxygen atoms in total. The van der Waals surface area contributed by atoms with Crippen LogP contribution in [0.15, 0.2) is 47.5 Å². The summed E-state index contributed by atoms with van der Waals surface area (Å²) in [6.07, 6.45) is 5.66. The lowest BCUT2D eigenvalue weighted by Gasteiger charge is -2.28. The highest BCUT2D eigenvalue weighted by molar-refractivity contribution is 7.89. The number of sulfonamides is 1. The number of hydrogen-bond donors (Lipinski definition) is 1. The van der Waals surface area contributed by atoms with Gasteiger partial charge < -0.3 is 9.88 Å². The molecule has 1 amide bonds. The van der Waals surface area contributed by atoms with Gasteiger partial charge in [-0.25, -0.2) is 8.42 Å². The van der Waals surface area contributed by atoms with Crippen molar-refractivity contribution < 1.29 is 13.2 Å². The fourth-order valence-electron chi connectivity index (χ4n) is 4.44. The first-order chi connectivity index (χ1) is 14.5. The van der Waals surface area contributed by atoms with Crippen molar-refractivity contribution in [3.63, 3.8) is 0 Å². The molecule has 0 radical (unpaired) electrons. The van der Waals surface area contributed by atoms with Crippen LogP contribution in [0, 0.1) is 0 Å². The van der Waals surface area contributed by atoms with E-state index in [1.165, 1.54) is 35.0 Å². The maximum absolute atomic E-state index is 12.9. The highest BCUT2D eigenvalue weighted by Gasteiger charge is 2.30. The molecule has 0 bridgehead atoms. The van der Waals surface area contributed by atoms with Gasteiger partial charge in [-0.15, -0.1) is 0 Å². The summed E-state index contributed by atoms with van der Waals surface area (Å²) in [6, 6.07) is 11.8. The van der Waals surface area contributed by atoms with Crippen LogP contribution in [0.25, 0.3) is 0 Å². The van der Waals surface area contributed by atoms with Crippen molar-refractivity contribution in [1.29, 1.82) is 0 Å². The lowest BCUT2D eigenvalue weighted by atomic mass is 10.1. The first-order valence-electron chi connectivity index (χ1n) is 10.7. The number of aromatic nitrogens is 1. The number of benzene rings is 1. The summed E-state index contributed by atoms with van der Waals surface area (Å²) in [5.74, 6) is -0.250. The Morgan fingerprint density at radius 2 is 1.67 bits per heavy atom. The van der Waals surface area contributed by atoms with Gasteiger partial charge in [-0.1, -0.05) is 30.3 Å². The summed E-state index contributed by atoms with van der Waals surface area (Å²) in [6.45, 7) is 3.64. The Labute approximate surface area is 178 Å². The van der Waals surface area contributed by atoms with Crippen molar-refractivity contribution >= 4 is 15.9 Å². The zero-order valence-electron chi connectivity index (χ0n) is 17.5. The number of rotatable bonds is 7.